The lowest BCUT2D eigenvalue weighted by Crippen LogP contribution is -2.46. The molecule has 1 fully saturated rings. The lowest BCUT2D eigenvalue weighted by atomic mass is 9.72. The molecule has 1 aliphatic rings. The van der Waals surface area contributed by atoms with Gasteiger partial charge in [0.05, 0.1) is 23.4 Å². The maximum Gasteiger partial charge on any atom is 0.173 e. The van der Waals surface area contributed by atoms with Gasteiger partial charge in [-0.05, 0) is 59.3 Å². The van der Waals surface area contributed by atoms with Crippen LogP contribution in [0.25, 0.3) is 5.65 Å². The standard InChI is InChI=1S/C20H22BrClN4O2/c1-20(27)8-14(9-20)12-25(11-13-3-5-15(28-2)6-4-13)18-7-17(22)24-19-16(21)10-23-26(18)19/h3-7,10,14,27H,8-9,11-12H2,1-2H3/t14-,20-. The molecule has 3 aromatic rings. The molecule has 8 heteroatoms. The summed E-state index contributed by atoms with van der Waals surface area (Å²) < 4.78 is 7.86. The molecule has 2 heterocycles. The van der Waals surface area contributed by atoms with Gasteiger partial charge in [0, 0.05) is 19.2 Å². The van der Waals surface area contributed by atoms with Crippen molar-refractivity contribution in [1.82, 2.24) is 14.6 Å². The van der Waals surface area contributed by atoms with Crippen molar-refractivity contribution >= 4 is 39.0 Å². The van der Waals surface area contributed by atoms with Crippen molar-refractivity contribution < 1.29 is 9.84 Å². The first-order valence-corrected chi connectivity index (χ1v) is 10.3. The van der Waals surface area contributed by atoms with Gasteiger partial charge < -0.3 is 14.7 Å². The molecule has 0 bridgehead atoms. The van der Waals surface area contributed by atoms with E-state index in [1.807, 2.05) is 25.1 Å². The fourth-order valence-electron chi connectivity index (χ4n) is 3.93. The minimum absolute atomic E-state index is 0.411. The molecule has 1 aromatic carbocycles. The molecule has 0 saturated heterocycles. The number of rotatable bonds is 6. The molecule has 0 unspecified atom stereocenters. The number of hydrogen-bond acceptors (Lipinski definition) is 5. The molecule has 0 radical (unpaired) electrons. The Kier molecular flexibility index (Phi) is 5.24. The number of hydrogen-bond donors (Lipinski definition) is 1. The molecule has 1 N–H and O–H groups in total. The average Bonchev–Trinajstić information content (AvgIpc) is 3.00. The fraction of sp³-hybridized carbons (Fsp3) is 0.400. The molecule has 0 amide bonds. The van der Waals surface area contributed by atoms with Gasteiger partial charge >= 0.3 is 0 Å². The Bertz CT molecular complexity index is 982. The monoisotopic (exact) mass is 464 g/mol. The van der Waals surface area contributed by atoms with E-state index in [1.165, 1.54) is 0 Å². The minimum atomic E-state index is -0.559. The highest BCUT2D eigenvalue weighted by Crippen LogP contribution is 2.39. The smallest absolute Gasteiger partial charge is 0.173 e. The summed E-state index contributed by atoms with van der Waals surface area (Å²) in [5.74, 6) is 2.12. The van der Waals surface area contributed by atoms with Gasteiger partial charge in [0.25, 0.3) is 0 Å². The second-order valence-corrected chi connectivity index (χ2v) is 8.91. The van der Waals surface area contributed by atoms with E-state index in [-0.39, 0.29) is 0 Å². The van der Waals surface area contributed by atoms with Crippen molar-refractivity contribution in [3.8, 4) is 5.75 Å². The average molecular weight is 466 g/mol. The van der Waals surface area contributed by atoms with Crippen molar-refractivity contribution in [3.05, 3.63) is 51.7 Å². The molecule has 4 rings (SSSR count). The Morgan fingerprint density at radius 2 is 2.07 bits per heavy atom. The summed E-state index contributed by atoms with van der Waals surface area (Å²) in [6, 6.07) is 9.88. The van der Waals surface area contributed by atoms with Crippen LogP contribution >= 0.6 is 27.5 Å². The Morgan fingerprint density at radius 1 is 1.36 bits per heavy atom. The van der Waals surface area contributed by atoms with E-state index in [0.717, 1.165) is 41.0 Å². The van der Waals surface area contributed by atoms with Crippen molar-refractivity contribution in [2.24, 2.45) is 5.92 Å². The first kappa shape index (κ1) is 19.5. The third-order valence-electron chi connectivity index (χ3n) is 5.17. The van der Waals surface area contributed by atoms with E-state index in [2.05, 4.69) is 43.0 Å². The summed E-state index contributed by atoms with van der Waals surface area (Å²) in [6.45, 7) is 3.38. The van der Waals surface area contributed by atoms with Crippen LogP contribution in [-0.2, 0) is 6.54 Å². The van der Waals surface area contributed by atoms with Crippen LogP contribution < -0.4 is 9.64 Å². The first-order valence-electron chi connectivity index (χ1n) is 9.15. The Morgan fingerprint density at radius 3 is 2.71 bits per heavy atom. The number of methoxy groups -OCH3 is 1. The second kappa shape index (κ2) is 7.54. The SMILES string of the molecule is COc1ccc(CN(C[C@H]2C[C@](C)(O)C2)c2cc(Cl)nc3c(Br)cnn23)cc1. The van der Waals surface area contributed by atoms with Crippen LogP contribution in [0.2, 0.25) is 5.15 Å². The van der Waals surface area contributed by atoms with Gasteiger partial charge in [-0.25, -0.2) is 4.98 Å². The van der Waals surface area contributed by atoms with Crippen LogP contribution in [0.4, 0.5) is 5.82 Å². The number of nitrogens with zero attached hydrogens (tertiary/aromatic N) is 4. The van der Waals surface area contributed by atoms with E-state index < -0.39 is 5.60 Å². The molecule has 2 aromatic heterocycles. The van der Waals surface area contributed by atoms with Crippen molar-refractivity contribution in [3.63, 3.8) is 0 Å². The van der Waals surface area contributed by atoms with Crippen molar-refractivity contribution in [2.45, 2.75) is 31.9 Å². The summed E-state index contributed by atoms with van der Waals surface area (Å²) in [7, 11) is 1.66. The molecule has 28 heavy (non-hydrogen) atoms. The largest absolute Gasteiger partial charge is 0.497 e. The zero-order valence-corrected chi connectivity index (χ0v) is 18.1. The highest BCUT2D eigenvalue weighted by atomic mass is 79.9. The summed E-state index contributed by atoms with van der Waals surface area (Å²) in [4.78, 5) is 6.63. The van der Waals surface area contributed by atoms with Crippen LogP contribution in [0.1, 0.15) is 25.3 Å². The zero-order valence-electron chi connectivity index (χ0n) is 15.8. The number of aromatic nitrogens is 3. The highest BCUT2D eigenvalue weighted by Gasteiger charge is 2.39. The lowest BCUT2D eigenvalue weighted by Gasteiger charge is -2.43. The second-order valence-electron chi connectivity index (χ2n) is 7.66. The third-order valence-corrected chi connectivity index (χ3v) is 5.92. The molecule has 0 atom stereocenters. The van der Waals surface area contributed by atoms with Crippen LogP contribution in [0.3, 0.4) is 0 Å². The topological polar surface area (TPSA) is 62.9 Å². The molecule has 148 valence electrons. The van der Waals surface area contributed by atoms with Gasteiger partial charge in [0.1, 0.15) is 16.7 Å². The molecular weight excluding hydrogens is 444 g/mol. The maximum atomic E-state index is 10.1. The normalized spacial score (nSPS) is 21.5. The highest BCUT2D eigenvalue weighted by molar-refractivity contribution is 9.10. The zero-order chi connectivity index (χ0) is 19.9. The van der Waals surface area contributed by atoms with E-state index >= 15 is 0 Å². The molecule has 6 nitrogen and oxygen atoms in total. The quantitative estimate of drug-likeness (QED) is 0.549. The number of aliphatic hydroxyl groups is 1. The van der Waals surface area contributed by atoms with E-state index in [9.17, 15) is 5.11 Å². The van der Waals surface area contributed by atoms with Crippen molar-refractivity contribution in [2.75, 3.05) is 18.6 Å². The Hall–Kier alpha value is -1.83. The van der Waals surface area contributed by atoms with E-state index in [1.54, 1.807) is 17.8 Å². The molecule has 1 saturated carbocycles. The minimum Gasteiger partial charge on any atom is -0.497 e. The van der Waals surface area contributed by atoms with Gasteiger partial charge in [0.2, 0.25) is 0 Å². The third kappa shape index (κ3) is 3.97. The fourth-order valence-corrected chi connectivity index (χ4v) is 4.46. The summed E-state index contributed by atoms with van der Waals surface area (Å²) in [5, 5.41) is 15.0. The Balaban J connectivity index is 1.68. The summed E-state index contributed by atoms with van der Waals surface area (Å²) in [5.41, 5.74) is 1.28. The summed E-state index contributed by atoms with van der Waals surface area (Å²) >= 11 is 9.80. The molecule has 0 spiro atoms. The number of anilines is 1. The maximum absolute atomic E-state index is 10.1. The van der Waals surface area contributed by atoms with Gasteiger partial charge in [0.15, 0.2) is 5.65 Å². The van der Waals surface area contributed by atoms with Crippen molar-refractivity contribution in [1.29, 1.82) is 0 Å². The first-order chi connectivity index (χ1) is 13.3. The van der Waals surface area contributed by atoms with Crippen LogP contribution in [0, 0.1) is 5.92 Å². The van der Waals surface area contributed by atoms with E-state index in [0.29, 0.717) is 23.3 Å². The number of benzene rings is 1. The van der Waals surface area contributed by atoms with Crippen LogP contribution in [-0.4, -0.2) is 39.0 Å². The van der Waals surface area contributed by atoms with Gasteiger partial charge in [-0.2, -0.15) is 9.61 Å². The van der Waals surface area contributed by atoms with Gasteiger partial charge in [-0.15, -0.1) is 0 Å². The predicted molar refractivity (Wildman–Crippen MR) is 113 cm³/mol. The molecule has 0 aliphatic heterocycles. The predicted octanol–water partition coefficient (Wildman–Crippen LogP) is 4.32. The molecular formula is C20H22BrClN4O2. The lowest BCUT2D eigenvalue weighted by molar-refractivity contribution is -0.0542. The van der Waals surface area contributed by atoms with Crippen LogP contribution in [0.5, 0.6) is 5.75 Å². The number of fused-ring (bicyclic) bond motifs is 1. The van der Waals surface area contributed by atoms with Gasteiger partial charge in [-0.3, -0.25) is 0 Å². The van der Waals surface area contributed by atoms with Gasteiger partial charge in [-0.1, -0.05) is 23.7 Å². The Labute approximate surface area is 177 Å². The number of ether oxygens (including phenoxy) is 1. The molecule has 1 aliphatic carbocycles. The van der Waals surface area contributed by atoms with Crippen LogP contribution in [0.15, 0.2) is 41.0 Å². The van der Waals surface area contributed by atoms with E-state index in [4.69, 9.17) is 16.3 Å². The number of halogens is 2. The summed E-state index contributed by atoms with van der Waals surface area (Å²) in [6.07, 6.45) is 3.30.